The molecule has 0 atom stereocenters. The van der Waals surface area contributed by atoms with E-state index >= 15 is 0 Å². The molecule has 0 aliphatic rings. The summed E-state index contributed by atoms with van der Waals surface area (Å²) in [6.07, 6.45) is -0.0737. The molecule has 0 aromatic heterocycles. The number of nitrogens with zero attached hydrogens (tertiary/aromatic N) is 2. The van der Waals surface area contributed by atoms with Gasteiger partial charge in [-0.2, -0.15) is 0 Å². The zero-order valence-corrected chi connectivity index (χ0v) is 13.6. The fourth-order valence-corrected chi connectivity index (χ4v) is 1.93. The van der Waals surface area contributed by atoms with Gasteiger partial charge in [0.25, 0.3) is 11.6 Å². The molecule has 10 heteroatoms. The summed E-state index contributed by atoms with van der Waals surface area (Å²) in [6.45, 7) is -0.0949. The van der Waals surface area contributed by atoms with Gasteiger partial charge in [-0.15, -0.1) is 0 Å². The summed E-state index contributed by atoms with van der Waals surface area (Å²) in [7, 11) is 1.44. The maximum absolute atomic E-state index is 12.0. The van der Waals surface area contributed by atoms with Gasteiger partial charge in [-0.05, 0) is 12.1 Å². The Morgan fingerprint density at radius 3 is 2.44 bits per heavy atom. The molecule has 1 aromatic carbocycles. The van der Waals surface area contributed by atoms with Crippen molar-refractivity contribution in [1.82, 2.24) is 10.2 Å². The van der Waals surface area contributed by atoms with Crippen LogP contribution in [0.3, 0.4) is 0 Å². The molecule has 0 heterocycles. The summed E-state index contributed by atoms with van der Waals surface area (Å²) < 4.78 is 4.83. The SMILES string of the molecule is COCCN(CC(=O)O)C(=O)CCNC(=O)c1ccc([N+](=O)[O-])cc1. The van der Waals surface area contributed by atoms with Gasteiger partial charge in [-0.25, -0.2) is 0 Å². The van der Waals surface area contributed by atoms with Gasteiger partial charge in [0, 0.05) is 44.3 Å². The number of hydrogen-bond acceptors (Lipinski definition) is 6. The lowest BCUT2D eigenvalue weighted by Crippen LogP contribution is -2.39. The Bertz CT molecular complexity index is 631. The van der Waals surface area contributed by atoms with Crippen LogP contribution in [0.15, 0.2) is 24.3 Å². The number of carboxylic acid groups (broad SMARTS) is 1. The number of nitro benzene ring substituents is 1. The van der Waals surface area contributed by atoms with Crippen molar-refractivity contribution in [3.8, 4) is 0 Å². The molecular formula is C15H19N3O7. The third kappa shape index (κ3) is 6.96. The minimum absolute atomic E-state index is 0.0117. The molecule has 136 valence electrons. The number of rotatable bonds is 10. The van der Waals surface area contributed by atoms with Crippen molar-refractivity contribution < 1.29 is 29.2 Å². The molecule has 2 N–H and O–H groups in total. The van der Waals surface area contributed by atoms with E-state index < -0.39 is 29.3 Å². The van der Waals surface area contributed by atoms with E-state index in [1.165, 1.54) is 31.4 Å². The van der Waals surface area contributed by atoms with Crippen molar-refractivity contribution in [3.05, 3.63) is 39.9 Å². The van der Waals surface area contributed by atoms with Crippen LogP contribution >= 0.6 is 0 Å². The molecule has 0 aliphatic heterocycles. The van der Waals surface area contributed by atoms with Crippen LogP contribution in [0.1, 0.15) is 16.8 Å². The van der Waals surface area contributed by atoms with Crippen molar-refractivity contribution in [2.45, 2.75) is 6.42 Å². The average molecular weight is 353 g/mol. The van der Waals surface area contributed by atoms with E-state index in [-0.39, 0.29) is 37.4 Å². The van der Waals surface area contributed by atoms with Crippen molar-refractivity contribution in [2.24, 2.45) is 0 Å². The second-order valence-corrected chi connectivity index (χ2v) is 5.01. The number of carboxylic acids is 1. The average Bonchev–Trinajstić information content (AvgIpc) is 2.58. The van der Waals surface area contributed by atoms with E-state index in [1.54, 1.807) is 0 Å². The van der Waals surface area contributed by atoms with E-state index in [4.69, 9.17) is 9.84 Å². The highest BCUT2D eigenvalue weighted by Crippen LogP contribution is 2.11. The number of nitrogens with one attached hydrogen (secondary N) is 1. The molecule has 0 fully saturated rings. The number of benzene rings is 1. The zero-order chi connectivity index (χ0) is 18.8. The lowest BCUT2D eigenvalue weighted by atomic mass is 10.2. The standard InChI is InChI=1S/C15H19N3O7/c1-25-9-8-17(10-14(20)21)13(19)6-7-16-15(22)11-2-4-12(5-3-11)18(23)24/h2-5H,6-10H2,1H3,(H,16,22)(H,20,21). The number of aliphatic carboxylic acids is 1. The van der Waals surface area contributed by atoms with E-state index in [0.29, 0.717) is 0 Å². The molecule has 0 radical (unpaired) electrons. The Morgan fingerprint density at radius 1 is 1.28 bits per heavy atom. The number of carbonyl (C=O) groups is 3. The highest BCUT2D eigenvalue weighted by molar-refractivity contribution is 5.94. The minimum Gasteiger partial charge on any atom is -0.480 e. The first-order valence-corrected chi connectivity index (χ1v) is 7.36. The molecule has 0 spiro atoms. The molecule has 0 aliphatic carbocycles. The maximum Gasteiger partial charge on any atom is 0.323 e. The molecule has 1 rings (SSSR count). The second-order valence-electron chi connectivity index (χ2n) is 5.01. The number of methoxy groups -OCH3 is 1. The Morgan fingerprint density at radius 2 is 1.92 bits per heavy atom. The first kappa shape index (κ1) is 20.0. The fourth-order valence-electron chi connectivity index (χ4n) is 1.93. The highest BCUT2D eigenvalue weighted by atomic mass is 16.6. The van der Waals surface area contributed by atoms with E-state index in [1.807, 2.05) is 0 Å². The van der Waals surface area contributed by atoms with Gasteiger partial charge >= 0.3 is 5.97 Å². The fraction of sp³-hybridized carbons (Fsp3) is 0.400. The monoisotopic (exact) mass is 353 g/mol. The van der Waals surface area contributed by atoms with E-state index in [9.17, 15) is 24.5 Å². The summed E-state index contributed by atoms with van der Waals surface area (Å²) >= 11 is 0. The predicted molar refractivity (Wildman–Crippen MR) is 86.1 cm³/mol. The van der Waals surface area contributed by atoms with Gasteiger partial charge in [0.05, 0.1) is 11.5 Å². The molecule has 10 nitrogen and oxygen atoms in total. The molecule has 0 saturated carbocycles. The molecular weight excluding hydrogens is 334 g/mol. The van der Waals surface area contributed by atoms with E-state index in [0.717, 1.165) is 4.90 Å². The molecule has 1 aromatic rings. The number of nitro groups is 1. The number of amides is 2. The van der Waals surface area contributed by atoms with Crippen LogP contribution in [0.25, 0.3) is 0 Å². The van der Waals surface area contributed by atoms with Crippen LogP contribution in [-0.4, -0.2) is 66.1 Å². The summed E-state index contributed by atoms with van der Waals surface area (Å²) in [5, 5.41) is 21.9. The smallest absolute Gasteiger partial charge is 0.323 e. The Balaban J connectivity index is 2.50. The third-order valence-electron chi connectivity index (χ3n) is 3.21. The summed E-state index contributed by atoms with van der Waals surface area (Å²) in [4.78, 5) is 45.8. The van der Waals surface area contributed by atoms with Crippen molar-refractivity contribution in [2.75, 3.05) is 33.4 Å². The summed E-state index contributed by atoms with van der Waals surface area (Å²) in [5.74, 6) is -2.05. The molecule has 2 amide bonds. The maximum atomic E-state index is 12.0. The molecule has 0 unspecified atom stereocenters. The van der Waals surface area contributed by atoms with E-state index in [2.05, 4.69) is 5.32 Å². The number of ether oxygens (including phenoxy) is 1. The third-order valence-corrected chi connectivity index (χ3v) is 3.21. The van der Waals surface area contributed by atoms with Gasteiger partial charge in [-0.3, -0.25) is 24.5 Å². The van der Waals surface area contributed by atoms with Gasteiger partial charge < -0.3 is 20.1 Å². The number of hydrogen-bond donors (Lipinski definition) is 2. The van der Waals surface area contributed by atoms with Crippen LogP contribution in [0.2, 0.25) is 0 Å². The molecule has 0 saturated heterocycles. The lowest BCUT2D eigenvalue weighted by molar-refractivity contribution is -0.384. The molecule has 0 bridgehead atoms. The first-order valence-electron chi connectivity index (χ1n) is 7.36. The highest BCUT2D eigenvalue weighted by Gasteiger charge is 2.17. The topological polar surface area (TPSA) is 139 Å². The van der Waals surface area contributed by atoms with Gasteiger partial charge in [-0.1, -0.05) is 0 Å². The summed E-state index contributed by atoms with van der Waals surface area (Å²) in [6, 6.07) is 5.04. The van der Waals surface area contributed by atoms with Crippen LogP contribution in [0, 0.1) is 10.1 Å². The number of non-ortho nitro benzene ring substituents is 1. The first-order chi connectivity index (χ1) is 11.8. The number of carbonyl (C=O) groups excluding carboxylic acids is 2. The summed E-state index contributed by atoms with van der Waals surface area (Å²) in [5.41, 5.74) is 0.0917. The second kappa shape index (κ2) is 9.98. The Hall–Kier alpha value is -3.01. The normalized spacial score (nSPS) is 10.1. The predicted octanol–water partition coefficient (Wildman–Crippen LogP) is 0.274. The van der Waals surface area contributed by atoms with Crippen molar-refractivity contribution >= 4 is 23.5 Å². The zero-order valence-electron chi connectivity index (χ0n) is 13.6. The molecule has 25 heavy (non-hydrogen) atoms. The van der Waals surface area contributed by atoms with Crippen LogP contribution in [-0.2, 0) is 14.3 Å². The van der Waals surface area contributed by atoms with Crippen molar-refractivity contribution in [3.63, 3.8) is 0 Å². The quantitative estimate of drug-likeness (QED) is 0.455. The lowest BCUT2D eigenvalue weighted by Gasteiger charge is -2.20. The largest absolute Gasteiger partial charge is 0.480 e. The van der Waals surface area contributed by atoms with Crippen LogP contribution in [0.5, 0.6) is 0 Å². The van der Waals surface area contributed by atoms with Gasteiger partial charge in [0.15, 0.2) is 0 Å². The van der Waals surface area contributed by atoms with Gasteiger partial charge in [0.2, 0.25) is 5.91 Å². The van der Waals surface area contributed by atoms with Crippen molar-refractivity contribution in [1.29, 1.82) is 0 Å². The van der Waals surface area contributed by atoms with Crippen LogP contribution in [0.4, 0.5) is 5.69 Å². The Labute approximate surface area is 143 Å². The Kier molecular flexibility index (Phi) is 8.00. The van der Waals surface area contributed by atoms with Crippen LogP contribution < -0.4 is 5.32 Å². The van der Waals surface area contributed by atoms with Gasteiger partial charge in [0.1, 0.15) is 6.54 Å². The minimum atomic E-state index is -1.14.